The van der Waals surface area contributed by atoms with Crippen LogP contribution >= 0.6 is 0 Å². The molecule has 2 atom stereocenters. The van der Waals surface area contributed by atoms with Gasteiger partial charge in [0.25, 0.3) is 0 Å². The minimum absolute atomic E-state index is 0.104. The first kappa shape index (κ1) is 18.4. The Morgan fingerprint density at radius 1 is 0.690 bits per heavy atom. The highest BCUT2D eigenvalue weighted by Crippen LogP contribution is 2.33. The summed E-state index contributed by atoms with van der Waals surface area (Å²) in [4.78, 5) is 34.0. The minimum Gasteiger partial charge on any atom is -0.511 e. The molecule has 2 N–H and O–H groups in total. The van der Waals surface area contributed by atoms with E-state index in [1.165, 1.54) is 36.7 Å². The lowest BCUT2D eigenvalue weighted by Gasteiger charge is -2.23. The van der Waals surface area contributed by atoms with E-state index in [0.717, 1.165) is 0 Å². The quantitative estimate of drug-likeness (QED) is 0.828. The summed E-state index contributed by atoms with van der Waals surface area (Å²) in [5.74, 6) is -3.59. The Hall–Kier alpha value is -4.00. The van der Waals surface area contributed by atoms with Crippen LogP contribution in [0, 0.1) is 0 Å². The molecule has 4 rings (SSSR count). The minimum atomic E-state index is -1.01. The molecule has 0 amide bonds. The average molecular weight is 388 g/mol. The van der Waals surface area contributed by atoms with Crippen LogP contribution in [0.4, 0.5) is 0 Å². The van der Waals surface area contributed by atoms with Crippen LogP contribution in [0.3, 0.4) is 0 Å². The van der Waals surface area contributed by atoms with E-state index in [4.69, 9.17) is 4.74 Å². The maximum atomic E-state index is 12.9. The molecule has 2 heterocycles. The molecule has 2 aliphatic carbocycles. The Morgan fingerprint density at radius 2 is 1.14 bits per heavy atom. The molecular formula is C22H16N2O5. The Balaban J connectivity index is 1.61. The van der Waals surface area contributed by atoms with Crippen LogP contribution in [-0.2, 0) is 14.3 Å². The first-order chi connectivity index (χ1) is 14.1. The molecule has 0 aromatic carbocycles. The number of allylic oxidation sites excluding steroid dienone is 8. The van der Waals surface area contributed by atoms with Gasteiger partial charge in [-0.25, -0.2) is 0 Å². The largest absolute Gasteiger partial charge is 0.511 e. The summed E-state index contributed by atoms with van der Waals surface area (Å²) in [5, 5.41) is 20.3. The molecule has 7 heteroatoms. The van der Waals surface area contributed by atoms with Crippen molar-refractivity contribution in [3.63, 3.8) is 0 Å². The molecule has 0 fully saturated rings. The number of pyridine rings is 2. The van der Waals surface area contributed by atoms with Gasteiger partial charge < -0.3 is 14.9 Å². The molecule has 2 aromatic rings. The predicted molar refractivity (Wildman–Crippen MR) is 103 cm³/mol. The van der Waals surface area contributed by atoms with E-state index in [0.29, 0.717) is 11.4 Å². The van der Waals surface area contributed by atoms with Gasteiger partial charge in [-0.05, 0) is 48.6 Å². The van der Waals surface area contributed by atoms with Crippen LogP contribution in [0.25, 0.3) is 0 Å². The van der Waals surface area contributed by atoms with Crippen LogP contribution in [-0.4, -0.2) is 31.7 Å². The van der Waals surface area contributed by atoms with Crippen molar-refractivity contribution in [3.8, 4) is 0 Å². The van der Waals surface area contributed by atoms with Crippen molar-refractivity contribution in [1.82, 2.24) is 9.97 Å². The predicted octanol–water partition coefficient (Wildman–Crippen LogP) is 3.18. The average Bonchev–Trinajstić information content (AvgIpc) is 2.74. The number of ether oxygens (including phenoxy) is 1. The van der Waals surface area contributed by atoms with Crippen molar-refractivity contribution in [2.75, 3.05) is 0 Å². The Morgan fingerprint density at radius 3 is 1.52 bits per heavy atom. The summed E-state index contributed by atoms with van der Waals surface area (Å²) in [6.07, 6.45) is 8.33. The van der Waals surface area contributed by atoms with Gasteiger partial charge in [-0.3, -0.25) is 19.6 Å². The zero-order valence-corrected chi connectivity index (χ0v) is 15.1. The lowest BCUT2D eigenvalue weighted by Crippen LogP contribution is -2.26. The lowest BCUT2D eigenvalue weighted by molar-refractivity contribution is -0.122. The van der Waals surface area contributed by atoms with Crippen LogP contribution in [0.15, 0.2) is 96.1 Å². The molecule has 0 spiro atoms. The lowest BCUT2D eigenvalue weighted by atomic mass is 9.90. The fraction of sp³-hybridized carbons (Fsp3) is 0.0909. The van der Waals surface area contributed by atoms with Gasteiger partial charge in [0.15, 0.2) is 11.5 Å². The van der Waals surface area contributed by atoms with Gasteiger partial charge in [0.05, 0.1) is 11.4 Å². The number of carbonyl (C=O) groups excluding carboxylic acids is 2. The van der Waals surface area contributed by atoms with Crippen LogP contribution in [0.2, 0.25) is 0 Å². The first-order valence-electron chi connectivity index (χ1n) is 8.86. The summed E-state index contributed by atoms with van der Waals surface area (Å²) in [6, 6.07) is 10.1. The van der Waals surface area contributed by atoms with Crippen molar-refractivity contribution in [2.24, 2.45) is 0 Å². The van der Waals surface area contributed by atoms with Gasteiger partial charge in [0.2, 0.25) is 11.6 Å². The number of aliphatic hydroxyl groups excluding tert-OH is 2. The summed E-state index contributed by atoms with van der Waals surface area (Å²) in [7, 11) is 0. The SMILES string of the molecule is O=C1C(OC2=CC=C(O)C(c3ccccn3)C2=O)=CC=C(O)C1c1ccccn1. The highest BCUT2D eigenvalue weighted by Gasteiger charge is 2.36. The molecule has 0 bridgehead atoms. The maximum Gasteiger partial charge on any atom is 0.214 e. The molecule has 144 valence electrons. The molecule has 0 saturated carbocycles. The molecule has 0 aliphatic heterocycles. The van der Waals surface area contributed by atoms with E-state index in [2.05, 4.69) is 9.97 Å². The second-order valence-electron chi connectivity index (χ2n) is 6.45. The Bertz CT molecular complexity index is 997. The van der Waals surface area contributed by atoms with Crippen molar-refractivity contribution < 1.29 is 24.5 Å². The van der Waals surface area contributed by atoms with Gasteiger partial charge in [0.1, 0.15) is 23.4 Å². The summed E-state index contributed by atoms with van der Waals surface area (Å²) >= 11 is 0. The van der Waals surface area contributed by atoms with Crippen molar-refractivity contribution in [3.05, 3.63) is 108 Å². The molecule has 29 heavy (non-hydrogen) atoms. The van der Waals surface area contributed by atoms with Crippen LogP contribution in [0.1, 0.15) is 23.2 Å². The van der Waals surface area contributed by atoms with Crippen LogP contribution in [0.5, 0.6) is 0 Å². The van der Waals surface area contributed by atoms with E-state index in [1.807, 2.05) is 0 Å². The van der Waals surface area contributed by atoms with Gasteiger partial charge in [-0.2, -0.15) is 0 Å². The van der Waals surface area contributed by atoms with Crippen LogP contribution < -0.4 is 0 Å². The van der Waals surface area contributed by atoms with Crippen molar-refractivity contribution >= 4 is 11.6 Å². The summed E-state index contributed by atoms with van der Waals surface area (Å²) < 4.78 is 5.61. The number of aromatic nitrogens is 2. The summed E-state index contributed by atoms with van der Waals surface area (Å²) in [5.41, 5.74) is 0.738. The first-order valence-corrected chi connectivity index (χ1v) is 8.86. The highest BCUT2D eigenvalue weighted by atomic mass is 16.5. The molecule has 2 aliphatic rings. The number of hydrogen-bond donors (Lipinski definition) is 2. The third-order valence-electron chi connectivity index (χ3n) is 4.60. The van der Waals surface area contributed by atoms with Crippen molar-refractivity contribution in [1.29, 1.82) is 0 Å². The number of Topliss-reactive ketones (excluding diaryl/α,β-unsaturated/α-hetero) is 2. The van der Waals surface area contributed by atoms with E-state index in [-0.39, 0.29) is 23.0 Å². The molecule has 2 unspecified atom stereocenters. The third kappa shape index (κ3) is 3.45. The summed E-state index contributed by atoms with van der Waals surface area (Å²) in [6.45, 7) is 0. The monoisotopic (exact) mass is 388 g/mol. The number of aliphatic hydroxyl groups is 2. The van der Waals surface area contributed by atoms with Gasteiger partial charge in [-0.1, -0.05) is 12.1 Å². The second-order valence-corrected chi connectivity index (χ2v) is 6.45. The number of ketones is 2. The molecule has 0 saturated heterocycles. The highest BCUT2D eigenvalue weighted by molar-refractivity contribution is 6.05. The number of nitrogens with zero attached hydrogens (tertiary/aromatic N) is 2. The van der Waals surface area contributed by atoms with Gasteiger partial charge in [0, 0.05) is 12.4 Å². The maximum absolute atomic E-state index is 12.9. The number of rotatable bonds is 4. The van der Waals surface area contributed by atoms with Gasteiger partial charge in [-0.15, -0.1) is 0 Å². The molecule has 7 nitrogen and oxygen atoms in total. The molecule has 2 aromatic heterocycles. The number of carbonyl (C=O) groups is 2. The van der Waals surface area contributed by atoms with E-state index in [9.17, 15) is 19.8 Å². The zero-order chi connectivity index (χ0) is 20.4. The van der Waals surface area contributed by atoms with Gasteiger partial charge >= 0.3 is 0 Å². The van der Waals surface area contributed by atoms with E-state index in [1.54, 1.807) is 36.4 Å². The zero-order valence-electron chi connectivity index (χ0n) is 15.1. The van der Waals surface area contributed by atoms with E-state index >= 15 is 0 Å². The standard InChI is InChI=1S/C22H16N2O5/c25-15-7-9-17(21(27)19(15)13-5-1-3-11-23-13)29-18-10-8-16(26)20(22(18)28)14-6-2-4-12-24-14/h1-12,19-20,25-26H. The molecular weight excluding hydrogens is 372 g/mol. The smallest absolute Gasteiger partial charge is 0.214 e. The Labute approximate surface area is 166 Å². The Kier molecular flexibility index (Phi) is 4.78. The number of hydrogen-bond acceptors (Lipinski definition) is 7. The molecule has 0 radical (unpaired) electrons. The second kappa shape index (κ2) is 7.55. The normalized spacial score (nSPS) is 21.7. The topological polar surface area (TPSA) is 110 Å². The third-order valence-corrected chi connectivity index (χ3v) is 4.60. The fourth-order valence-corrected chi connectivity index (χ4v) is 3.18. The van der Waals surface area contributed by atoms with E-state index < -0.39 is 23.4 Å². The van der Waals surface area contributed by atoms with Crippen molar-refractivity contribution in [2.45, 2.75) is 11.8 Å². The fourth-order valence-electron chi connectivity index (χ4n) is 3.18.